The number of hydrazine groups is 1. The highest BCUT2D eigenvalue weighted by Crippen LogP contribution is 2.23. The van der Waals surface area contributed by atoms with E-state index in [1.54, 1.807) is 18.2 Å². The van der Waals surface area contributed by atoms with Gasteiger partial charge in [0.05, 0.1) is 11.3 Å². The molecule has 0 saturated heterocycles. The molecule has 0 saturated carbocycles. The lowest BCUT2D eigenvalue weighted by Crippen LogP contribution is -2.07. The number of rotatable bonds is 2. The average molecular weight is 192 g/mol. The highest BCUT2D eigenvalue weighted by atomic mass is 16.4. The number of para-hydroxylation sites is 1. The summed E-state index contributed by atoms with van der Waals surface area (Å²) in [7, 11) is 0. The van der Waals surface area contributed by atoms with E-state index in [0.29, 0.717) is 11.3 Å². The topological polar surface area (TPSA) is 96.9 Å². The molecule has 4 N–H and O–H groups in total. The molecule has 0 aliphatic heterocycles. The van der Waals surface area contributed by atoms with Gasteiger partial charge in [0.2, 0.25) is 0 Å². The zero-order valence-corrected chi connectivity index (χ0v) is 7.15. The molecule has 0 unspecified atom stereocenters. The molecular formula is C8H8N4O2. The second kappa shape index (κ2) is 3.35. The summed E-state index contributed by atoms with van der Waals surface area (Å²) in [5, 5.41) is 5.87. The smallest absolute Gasteiger partial charge is 0.388 e. The Kier molecular flexibility index (Phi) is 2.04. The van der Waals surface area contributed by atoms with Crippen molar-refractivity contribution in [2.45, 2.75) is 0 Å². The van der Waals surface area contributed by atoms with Gasteiger partial charge in [-0.3, -0.25) is 5.84 Å². The number of H-pyrrole nitrogens is 1. The number of nitrogens with zero attached hydrogens (tertiary/aromatic N) is 1. The Morgan fingerprint density at radius 3 is 2.86 bits per heavy atom. The van der Waals surface area contributed by atoms with Crippen molar-refractivity contribution < 1.29 is 4.42 Å². The lowest BCUT2D eigenvalue weighted by atomic mass is 10.2. The Bertz CT molecular complexity index is 488. The lowest BCUT2D eigenvalue weighted by Gasteiger charge is -2.03. The van der Waals surface area contributed by atoms with E-state index in [1.165, 1.54) is 0 Å². The van der Waals surface area contributed by atoms with Crippen molar-refractivity contribution in [1.29, 1.82) is 0 Å². The van der Waals surface area contributed by atoms with Crippen molar-refractivity contribution in [2.24, 2.45) is 5.84 Å². The fourth-order valence-electron chi connectivity index (χ4n) is 1.14. The maximum Gasteiger partial charge on any atom is 0.434 e. The number of nitrogens with one attached hydrogen (secondary N) is 2. The third-order valence-corrected chi connectivity index (χ3v) is 1.75. The third kappa shape index (κ3) is 1.38. The molecule has 6 nitrogen and oxygen atoms in total. The molecule has 0 amide bonds. The zero-order chi connectivity index (χ0) is 9.97. The summed E-state index contributed by atoms with van der Waals surface area (Å²) in [6, 6.07) is 7.10. The zero-order valence-electron chi connectivity index (χ0n) is 7.15. The van der Waals surface area contributed by atoms with Crippen LogP contribution in [0.15, 0.2) is 33.5 Å². The monoisotopic (exact) mass is 192 g/mol. The Hall–Kier alpha value is -2.08. The van der Waals surface area contributed by atoms with Gasteiger partial charge in [-0.15, -0.1) is 5.10 Å². The van der Waals surface area contributed by atoms with Gasteiger partial charge in [-0.25, -0.2) is 9.89 Å². The summed E-state index contributed by atoms with van der Waals surface area (Å²) in [6.07, 6.45) is 0. The van der Waals surface area contributed by atoms with Crippen molar-refractivity contribution in [2.75, 3.05) is 5.43 Å². The number of nitrogens with two attached hydrogens (primary N) is 1. The summed E-state index contributed by atoms with van der Waals surface area (Å²) < 4.78 is 4.79. The van der Waals surface area contributed by atoms with E-state index in [1.807, 2.05) is 6.07 Å². The van der Waals surface area contributed by atoms with E-state index in [2.05, 4.69) is 15.6 Å². The van der Waals surface area contributed by atoms with Crippen LogP contribution in [0.2, 0.25) is 0 Å². The van der Waals surface area contributed by atoms with E-state index >= 15 is 0 Å². The van der Waals surface area contributed by atoms with Gasteiger partial charge in [0.15, 0.2) is 0 Å². The molecular weight excluding hydrogens is 184 g/mol. The standard InChI is InChI=1S/C8H8N4O2/c9-10-6-4-2-1-3-5(6)7-11-12-8(13)14-7/h1-4,10H,9H2,(H,12,13). The largest absolute Gasteiger partial charge is 0.434 e. The van der Waals surface area contributed by atoms with Crippen molar-refractivity contribution in [1.82, 2.24) is 10.2 Å². The van der Waals surface area contributed by atoms with Crippen molar-refractivity contribution >= 4 is 5.69 Å². The molecule has 2 rings (SSSR count). The third-order valence-electron chi connectivity index (χ3n) is 1.75. The molecule has 0 spiro atoms. The fraction of sp³-hybridized carbons (Fsp3) is 0. The van der Waals surface area contributed by atoms with E-state index in [4.69, 9.17) is 10.3 Å². The summed E-state index contributed by atoms with van der Waals surface area (Å²) in [5.74, 6) is 4.91. The number of anilines is 1. The summed E-state index contributed by atoms with van der Waals surface area (Å²) in [6.45, 7) is 0. The first-order chi connectivity index (χ1) is 6.81. The molecule has 0 aliphatic rings. The van der Waals surface area contributed by atoms with Gasteiger partial charge in [0.1, 0.15) is 0 Å². The summed E-state index contributed by atoms with van der Waals surface area (Å²) in [5.41, 5.74) is 3.76. The van der Waals surface area contributed by atoms with Gasteiger partial charge in [-0.05, 0) is 12.1 Å². The maximum absolute atomic E-state index is 10.7. The number of aromatic amines is 1. The minimum absolute atomic E-state index is 0.212. The number of hydrogen-bond acceptors (Lipinski definition) is 5. The fourth-order valence-corrected chi connectivity index (χ4v) is 1.14. The van der Waals surface area contributed by atoms with Gasteiger partial charge in [0.25, 0.3) is 5.89 Å². The predicted molar refractivity (Wildman–Crippen MR) is 50.4 cm³/mol. The van der Waals surface area contributed by atoms with Crippen LogP contribution in [-0.4, -0.2) is 10.2 Å². The molecule has 0 radical (unpaired) electrons. The van der Waals surface area contributed by atoms with E-state index in [-0.39, 0.29) is 5.89 Å². The Morgan fingerprint density at radius 2 is 2.21 bits per heavy atom. The molecule has 72 valence electrons. The van der Waals surface area contributed by atoms with Crippen LogP contribution in [0.3, 0.4) is 0 Å². The molecule has 0 atom stereocenters. The second-order valence-electron chi connectivity index (χ2n) is 2.61. The molecule has 1 heterocycles. The van der Waals surface area contributed by atoms with E-state index < -0.39 is 5.76 Å². The highest BCUT2D eigenvalue weighted by molar-refractivity contribution is 5.71. The minimum Gasteiger partial charge on any atom is -0.388 e. The van der Waals surface area contributed by atoms with Crippen molar-refractivity contribution in [3.8, 4) is 11.5 Å². The van der Waals surface area contributed by atoms with Crippen LogP contribution in [-0.2, 0) is 0 Å². The highest BCUT2D eigenvalue weighted by Gasteiger charge is 2.08. The van der Waals surface area contributed by atoms with Gasteiger partial charge >= 0.3 is 5.76 Å². The minimum atomic E-state index is -0.591. The van der Waals surface area contributed by atoms with Gasteiger partial charge in [-0.1, -0.05) is 12.1 Å². The molecule has 14 heavy (non-hydrogen) atoms. The van der Waals surface area contributed by atoms with Gasteiger partial charge in [-0.2, -0.15) is 0 Å². The first kappa shape index (κ1) is 8.52. The second-order valence-corrected chi connectivity index (χ2v) is 2.61. The molecule has 2 aromatic rings. The van der Waals surface area contributed by atoms with Gasteiger partial charge < -0.3 is 9.84 Å². The Balaban J connectivity index is 2.55. The van der Waals surface area contributed by atoms with Gasteiger partial charge in [0, 0.05) is 0 Å². The molecule has 1 aromatic carbocycles. The van der Waals surface area contributed by atoms with Crippen LogP contribution in [0.25, 0.3) is 11.5 Å². The molecule has 0 fully saturated rings. The maximum atomic E-state index is 10.7. The first-order valence-electron chi connectivity index (χ1n) is 3.93. The first-order valence-corrected chi connectivity index (χ1v) is 3.93. The van der Waals surface area contributed by atoms with Crippen molar-refractivity contribution in [3.05, 3.63) is 34.8 Å². The predicted octanol–water partition coefficient (Wildman–Crippen LogP) is 0.316. The quantitative estimate of drug-likeness (QED) is 0.470. The number of hydrogen-bond donors (Lipinski definition) is 3. The lowest BCUT2D eigenvalue weighted by molar-refractivity contribution is 0.527. The van der Waals surface area contributed by atoms with Crippen LogP contribution < -0.4 is 17.0 Å². The molecule has 1 aromatic heterocycles. The molecule has 0 aliphatic carbocycles. The van der Waals surface area contributed by atoms with Crippen LogP contribution >= 0.6 is 0 Å². The number of aromatic nitrogens is 2. The van der Waals surface area contributed by atoms with Crippen LogP contribution in [0.4, 0.5) is 5.69 Å². The Labute approximate surface area is 78.7 Å². The SMILES string of the molecule is NNc1ccccc1-c1n[nH]c(=O)o1. The van der Waals surface area contributed by atoms with Crippen LogP contribution in [0, 0.1) is 0 Å². The average Bonchev–Trinajstić information content (AvgIpc) is 2.65. The van der Waals surface area contributed by atoms with E-state index in [0.717, 1.165) is 0 Å². The normalized spacial score (nSPS) is 10.1. The summed E-state index contributed by atoms with van der Waals surface area (Å²) >= 11 is 0. The number of nitrogen functional groups attached to an aromatic ring is 1. The summed E-state index contributed by atoms with van der Waals surface area (Å²) in [4.78, 5) is 10.7. The molecule has 6 heteroatoms. The number of benzene rings is 1. The van der Waals surface area contributed by atoms with E-state index in [9.17, 15) is 4.79 Å². The van der Waals surface area contributed by atoms with Crippen LogP contribution in [0.1, 0.15) is 0 Å². The van der Waals surface area contributed by atoms with Crippen molar-refractivity contribution in [3.63, 3.8) is 0 Å². The van der Waals surface area contributed by atoms with Crippen LogP contribution in [0.5, 0.6) is 0 Å². The Morgan fingerprint density at radius 1 is 1.43 bits per heavy atom. The molecule has 0 bridgehead atoms.